The number of rotatable bonds is 3. The van der Waals surface area contributed by atoms with Crippen LogP contribution >= 0.6 is 27.5 Å². The van der Waals surface area contributed by atoms with Crippen molar-refractivity contribution in [1.29, 1.82) is 0 Å². The van der Waals surface area contributed by atoms with Crippen LogP contribution in [0.4, 0.5) is 0 Å². The minimum Gasteiger partial charge on any atom is -0.309 e. The second kappa shape index (κ2) is 4.20. The number of imidazole rings is 1. The van der Waals surface area contributed by atoms with Crippen LogP contribution in [0.5, 0.6) is 0 Å². The van der Waals surface area contributed by atoms with Crippen LogP contribution in [0.3, 0.4) is 0 Å². The van der Waals surface area contributed by atoms with Crippen molar-refractivity contribution in [3.63, 3.8) is 0 Å². The molecule has 3 rings (SSSR count). The van der Waals surface area contributed by atoms with Crippen molar-refractivity contribution in [2.75, 3.05) is 5.88 Å². The molecule has 2 heterocycles. The Kier molecular flexibility index (Phi) is 2.90. The standard InChI is InChI=1S/C13H15BrClN3/c1-13(2)6-10(13)18-11(3-4-15)17-9-5-8(14)7-16-12(9)18/h5,7,10H,3-4,6H2,1-2H3. The largest absolute Gasteiger partial charge is 0.309 e. The van der Waals surface area contributed by atoms with Crippen molar-refractivity contribution >= 4 is 38.7 Å². The normalized spacial score (nSPS) is 21.4. The Balaban J connectivity index is 2.17. The van der Waals surface area contributed by atoms with Gasteiger partial charge in [-0.2, -0.15) is 0 Å². The average Bonchev–Trinajstić information content (AvgIpc) is 2.78. The summed E-state index contributed by atoms with van der Waals surface area (Å²) in [6, 6.07) is 2.53. The van der Waals surface area contributed by atoms with E-state index in [1.165, 1.54) is 6.42 Å². The molecule has 0 N–H and O–H groups in total. The lowest BCUT2D eigenvalue weighted by Crippen LogP contribution is -2.07. The lowest BCUT2D eigenvalue weighted by molar-refractivity contribution is 0.535. The van der Waals surface area contributed by atoms with Crippen LogP contribution in [0.15, 0.2) is 16.7 Å². The Labute approximate surface area is 120 Å². The first-order chi connectivity index (χ1) is 8.53. The summed E-state index contributed by atoms with van der Waals surface area (Å²) in [5.74, 6) is 1.65. The summed E-state index contributed by atoms with van der Waals surface area (Å²) in [6.45, 7) is 4.57. The summed E-state index contributed by atoms with van der Waals surface area (Å²) in [4.78, 5) is 9.20. The second-order valence-corrected chi connectivity index (χ2v) is 6.84. The zero-order chi connectivity index (χ0) is 12.9. The summed E-state index contributed by atoms with van der Waals surface area (Å²) in [6.07, 6.45) is 3.81. The predicted molar refractivity (Wildman–Crippen MR) is 77.1 cm³/mol. The van der Waals surface area contributed by atoms with Crippen LogP contribution in [0.25, 0.3) is 11.2 Å². The van der Waals surface area contributed by atoms with E-state index < -0.39 is 0 Å². The van der Waals surface area contributed by atoms with Crippen LogP contribution in [-0.2, 0) is 6.42 Å². The molecule has 1 atom stereocenters. The summed E-state index contributed by atoms with van der Waals surface area (Å²) in [5.41, 5.74) is 2.28. The van der Waals surface area contributed by atoms with Gasteiger partial charge in [0.25, 0.3) is 0 Å². The molecule has 1 fully saturated rings. The highest BCUT2D eigenvalue weighted by Gasteiger charge is 2.48. The molecule has 1 aliphatic carbocycles. The summed E-state index contributed by atoms with van der Waals surface area (Å²) in [7, 11) is 0. The zero-order valence-electron chi connectivity index (χ0n) is 10.5. The average molecular weight is 329 g/mol. The van der Waals surface area contributed by atoms with Crippen LogP contribution in [0.2, 0.25) is 0 Å². The molecule has 5 heteroatoms. The number of aromatic nitrogens is 3. The van der Waals surface area contributed by atoms with Gasteiger partial charge in [0.15, 0.2) is 5.65 Å². The predicted octanol–water partition coefficient (Wildman–Crippen LogP) is 3.95. The molecular formula is C13H15BrClN3. The van der Waals surface area contributed by atoms with Gasteiger partial charge in [-0.05, 0) is 33.8 Å². The molecular weight excluding hydrogens is 314 g/mol. The van der Waals surface area contributed by atoms with E-state index in [2.05, 4.69) is 44.3 Å². The van der Waals surface area contributed by atoms with Gasteiger partial charge in [0, 0.05) is 29.0 Å². The van der Waals surface area contributed by atoms with E-state index in [1.54, 1.807) is 0 Å². The number of hydrogen-bond acceptors (Lipinski definition) is 2. The maximum absolute atomic E-state index is 5.88. The Morgan fingerprint density at radius 1 is 1.56 bits per heavy atom. The molecule has 18 heavy (non-hydrogen) atoms. The highest BCUT2D eigenvalue weighted by atomic mass is 79.9. The molecule has 2 aromatic rings. The van der Waals surface area contributed by atoms with Crippen molar-refractivity contribution < 1.29 is 0 Å². The lowest BCUT2D eigenvalue weighted by Gasteiger charge is -2.09. The number of halogens is 2. The first-order valence-electron chi connectivity index (χ1n) is 6.11. The Morgan fingerprint density at radius 2 is 2.28 bits per heavy atom. The fraction of sp³-hybridized carbons (Fsp3) is 0.538. The third-order valence-corrected chi connectivity index (χ3v) is 4.28. The van der Waals surface area contributed by atoms with E-state index in [-0.39, 0.29) is 0 Å². The number of hydrogen-bond donors (Lipinski definition) is 0. The Bertz CT molecular complexity index is 606. The van der Waals surface area contributed by atoms with E-state index in [4.69, 9.17) is 11.6 Å². The summed E-state index contributed by atoms with van der Waals surface area (Å²) in [5, 5.41) is 0. The van der Waals surface area contributed by atoms with Gasteiger partial charge in [-0.1, -0.05) is 13.8 Å². The monoisotopic (exact) mass is 327 g/mol. The van der Waals surface area contributed by atoms with Gasteiger partial charge in [0.05, 0.1) is 0 Å². The minimum atomic E-state index is 0.351. The molecule has 0 aromatic carbocycles. The molecule has 1 saturated carbocycles. The topological polar surface area (TPSA) is 30.7 Å². The highest BCUT2D eigenvalue weighted by Crippen LogP contribution is 2.56. The van der Waals surface area contributed by atoms with E-state index in [9.17, 15) is 0 Å². The molecule has 0 amide bonds. The quantitative estimate of drug-likeness (QED) is 0.799. The summed E-state index contributed by atoms with van der Waals surface area (Å²) >= 11 is 9.32. The molecule has 0 aliphatic heterocycles. The van der Waals surface area contributed by atoms with Gasteiger partial charge < -0.3 is 4.57 Å². The maximum Gasteiger partial charge on any atom is 0.160 e. The maximum atomic E-state index is 5.88. The van der Waals surface area contributed by atoms with Gasteiger partial charge in [0.1, 0.15) is 11.3 Å². The minimum absolute atomic E-state index is 0.351. The fourth-order valence-corrected chi connectivity index (χ4v) is 2.96. The molecule has 0 saturated heterocycles. The molecule has 1 unspecified atom stereocenters. The number of alkyl halides is 1. The first kappa shape index (κ1) is 12.4. The van der Waals surface area contributed by atoms with Crippen molar-refractivity contribution in [2.24, 2.45) is 5.41 Å². The van der Waals surface area contributed by atoms with E-state index in [1.807, 2.05) is 12.3 Å². The van der Waals surface area contributed by atoms with E-state index in [0.717, 1.165) is 27.9 Å². The summed E-state index contributed by atoms with van der Waals surface area (Å²) < 4.78 is 3.25. The third-order valence-electron chi connectivity index (χ3n) is 3.66. The third kappa shape index (κ3) is 1.95. The Hall–Kier alpha value is -0.610. The molecule has 0 radical (unpaired) electrons. The van der Waals surface area contributed by atoms with Gasteiger partial charge in [-0.15, -0.1) is 11.6 Å². The molecule has 96 valence electrons. The molecule has 0 bridgehead atoms. The molecule has 3 nitrogen and oxygen atoms in total. The smallest absolute Gasteiger partial charge is 0.160 e. The Morgan fingerprint density at radius 3 is 2.89 bits per heavy atom. The number of nitrogens with zero attached hydrogens (tertiary/aromatic N) is 3. The van der Waals surface area contributed by atoms with E-state index in [0.29, 0.717) is 17.3 Å². The first-order valence-corrected chi connectivity index (χ1v) is 7.44. The van der Waals surface area contributed by atoms with Gasteiger partial charge in [0.2, 0.25) is 0 Å². The number of aryl methyl sites for hydroxylation is 1. The van der Waals surface area contributed by atoms with Crippen LogP contribution in [-0.4, -0.2) is 20.4 Å². The molecule has 1 aliphatic rings. The number of pyridine rings is 1. The van der Waals surface area contributed by atoms with Crippen LogP contribution < -0.4 is 0 Å². The highest BCUT2D eigenvalue weighted by molar-refractivity contribution is 9.10. The van der Waals surface area contributed by atoms with Crippen molar-refractivity contribution in [3.8, 4) is 0 Å². The zero-order valence-corrected chi connectivity index (χ0v) is 12.8. The molecule has 2 aromatic heterocycles. The van der Waals surface area contributed by atoms with Crippen molar-refractivity contribution in [3.05, 3.63) is 22.6 Å². The van der Waals surface area contributed by atoms with Gasteiger partial charge in [-0.3, -0.25) is 0 Å². The second-order valence-electron chi connectivity index (χ2n) is 5.54. The lowest BCUT2D eigenvalue weighted by atomic mass is 10.2. The SMILES string of the molecule is CC1(C)CC1n1c(CCCl)nc2cc(Br)cnc21. The number of fused-ring (bicyclic) bond motifs is 1. The molecule has 0 spiro atoms. The van der Waals surface area contributed by atoms with E-state index >= 15 is 0 Å². The fourth-order valence-electron chi connectivity index (χ4n) is 2.47. The van der Waals surface area contributed by atoms with Crippen molar-refractivity contribution in [1.82, 2.24) is 14.5 Å². The van der Waals surface area contributed by atoms with Crippen LogP contribution in [0.1, 0.15) is 32.1 Å². The van der Waals surface area contributed by atoms with Gasteiger partial charge >= 0.3 is 0 Å². The van der Waals surface area contributed by atoms with Gasteiger partial charge in [-0.25, -0.2) is 9.97 Å². The van der Waals surface area contributed by atoms with Crippen LogP contribution in [0, 0.1) is 5.41 Å². The van der Waals surface area contributed by atoms with Crippen molar-refractivity contribution in [2.45, 2.75) is 32.7 Å².